The Morgan fingerprint density at radius 3 is 2.58 bits per heavy atom. The van der Waals surface area contributed by atoms with E-state index < -0.39 is 18.5 Å². The van der Waals surface area contributed by atoms with Gasteiger partial charge in [0.1, 0.15) is 0 Å². The highest BCUT2D eigenvalue weighted by Gasteiger charge is 2.07. The SMILES string of the molecule is COC(=O)C=Cc1ccc(OCC(=O)O)c(OC)c1. The molecule has 0 aliphatic carbocycles. The molecule has 0 aromatic heterocycles. The summed E-state index contributed by atoms with van der Waals surface area (Å²) in [7, 11) is 2.73. The van der Waals surface area contributed by atoms with Gasteiger partial charge in [0.05, 0.1) is 14.2 Å². The van der Waals surface area contributed by atoms with E-state index in [4.69, 9.17) is 14.6 Å². The number of benzene rings is 1. The Morgan fingerprint density at radius 1 is 1.26 bits per heavy atom. The number of carbonyl (C=O) groups excluding carboxylic acids is 1. The lowest BCUT2D eigenvalue weighted by Crippen LogP contribution is -2.10. The summed E-state index contributed by atoms with van der Waals surface area (Å²) < 4.78 is 14.6. The molecule has 6 heteroatoms. The summed E-state index contributed by atoms with van der Waals surface area (Å²) in [6.45, 7) is -0.451. The van der Waals surface area contributed by atoms with Crippen LogP contribution in [0.15, 0.2) is 24.3 Å². The number of aliphatic carboxylic acids is 1. The van der Waals surface area contributed by atoms with Crippen LogP contribution in [0.4, 0.5) is 0 Å². The van der Waals surface area contributed by atoms with Gasteiger partial charge in [-0.1, -0.05) is 6.07 Å². The molecule has 0 saturated heterocycles. The van der Waals surface area contributed by atoms with Crippen LogP contribution < -0.4 is 9.47 Å². The summed E-state index contributed by atoms with van der Waals surface area (Å²) in [6.07, 6.45) is 2.82. The standard InChI is InChI=1S/C13H14O6/c1-17-11-7-9(4-6-13(16)18-2)3-5-10(11)19-8-12(14)15/h3-7H,8H2,1-2H3,(H,14,15). The van der Waals surface area contributed by atoms with E-state index in [2.05, 4.69) is 4.74 Å². The minimum absolute atomic E-state index is 0.320. The molecule has 0 heterocycles. The van der Waals surface area contributed by atoms with Gasteiger partial charge in [-0.2, -0.15) is 0 Å². The van der Waals surface area contributed by atoms with Gasteiger partial charge in [-0.15, -0.1) is 0 Å². The van der Waals surface area contributed by atoms with Crippen molar-refractivity contribution in [2.24, 2.45) is 0 Å². The molecule has 1 N–H and O–H groups in total. The van der Waals surface area contributed by atoms with Crippen molar-refractivity contribution >= 4 is 18.0 Å². The molecule has 0 saturated carbocycles. The lowest BCUT2D eigenvalue weighted by Gasteiger charge is -2.09. The molecular weight excluding hydrogens is 252 g/mol. The molecule has 0 atom stereocenters. The molecule has 1 rings (SSSR count). The van der Waals surface area contributed by atoms with Gasteiger partial charge in [-0.3, -0.25) is 0 Å². The smallest absolute Gasteiger partial charge is 0.341 e. The zero-order valence-electron chi connectivity index (χ0n) is 10.6. The quantitative estimate of drug-likeness (QED) is 0.618. The number of rotatable bonds is 6. The molecule has 0 radical (unpaired) electrons. The van der Waals surface area contributed by atoms with Crippen molar-refractivity contribution in [3.8, 4) is 11.5 Å². The lowest BCUT2D eigenvalue weighted by molar-refractivity contribution is -0.139. The Morgan fingerprint density at radius 2 is 2.00 bits per heavy atom. The number of carboxylic acids is 1. The highest BCUT2D eigenvalue weighted by atomic mass is 16.5. The maximum atomic E-state index is 11.0. The molecular formula is C13H14O6. The zero-order valence-corrected chi connectivity index (χ0v) is 10.6. The predicted molar refractivity (Wildman–Crippen MR) is 67.2 cm³/mol. The van der Waals surface area contributed by atoms with Crippen LogP contribution >= 0.6 is 0 Å². The highest BCUT2D eigenvalue weighted by Crippen LogP contribution is 2.28. The molecule has 0 amide bonds. The fourth-order valence-electron chi connectivity index (χ4n) is 1.28. The summed E-state index contributed by atoms with van der Waals surface area (Å²) in [4.78, 5) is 21.4. The zero-order chi connectivity index (χ0) is 14.3. The monoisotopic (exact) mass is 266 g/mol. The van der Waals surface area contributed by atoms with Gasteiger partial charge in [0.25, 0.3) is 0 Å². The van der Waals surface area contributed by atoms with Crippen molar-refractivity contribution in [1.29, 1.82) is 0 Å². The van der Waals surface area contributed by atoms with Crippen LogP contribution in [-0.2, 0) is 14.3 Å². The molecule has 1 aromatic carbocycles. The van der Waals surface area contributed by atoms with Gasteiger partial charge in [0.2, 0.25) is 0 Å². The Balaban J connectivity index is 2.86. The highest BCUT2D eigenvalue weighted by molar-refractivity contribution is 5.87. The van der Waals surface area contributed by atoms with E-state index in [1.54, 1.807) is 24.3 Å². The molecule has 0 aliphatic rings. The first-order valence-electron chi connectivity index (χ1n) is 5.35. The fraction of sp³-hybridized carbons (Fsp3) is 0.231. The molecule has 0 spiro atoms. The van der Waals surface area contributed by atoms with Crippen molar-refractivity contribution in [3.63, 3.8) is 0 Å². The average molecular weight is 266 g/mol. The normalized spacial score (nSPS) is 10.2. The number of hydrogen-bond donors (Lipinski definition) is 1. The Labute approximate surface area is 110 Å². The van der Waals surface area contributed by atoms with Gasteiger partial charge >= 0.3 is 11.9 Å². The third-order valence-electron chi connectivity index (χ3n) is 2.15. The van der Waals surface area contributed by atoms with E-state index in [1.807, 2.05) is 0 Å². The maximum Gasteiger partial charge on any atom is 0.341 e. The second kappa shape index (κ2) is 7.05. The average Bonchev–Trinajstić information content (AvgIpc) is 2.42. The first-order chi connectivity index (χ1) is 9.06. The molecule has 0 fully saturated rings. The summed E-state index contributed by atoms with van der Waals surface area (Å²) in [5.41, 5.74) is 0.699. The molecule has 0 unspecified atom stereocenters. The first kappa shape index (κ1) is 14.6. The number of carbonyl (C=O) groups is 2. The number of esters is 1. The number of ether oxygens (including phenoxy) is 3. The summed E-state index contributed by atoms with van der Waals surface area (Å²) >= 11 is 0. The van der Waals surface area contributed by atoms with Crippen LogP contribution in [0.25, 0.3) is 6.08 Å². The number of methoxy groups -OCH3 is 2. The van der Waals surface area contributed by atoms with Crippen molar-refractivity contribution in [2.45, 2.75) is 0 Å². The van der Waals surface area contributed by atoms with Crippen LogP contribution in [0, 0.1) is 0 Å². The molecule has 0 bridgehead atoms. The molecule has 102 valence electrons. The van der Waals surface area contributed by atoms with E-state index in [-0.39, 0.29) is 0 Å². The van der Waals surface area contributed by atoms with Crippen molar-refractivity contribution in [3.05, 3.63) is 29.8 Å². The van der Waals surface area contributed by atoms with Crippen LogP contribution in [0.1, 0.15) is 5.56 Å². The van der Waals surface area contributed by atoms with Crippen molar-refractivity contribution in [2.75, 3.05) is 20.8 Å². The molecule has 19 heavy (non-hydrogen) atoms. The minimum Gasteiger partial charge on any atom is -0.493 e. The van der Waals surface area contributed by atoms with Gasteiger partial charge in [-0.05, 0) is 23.8 Å². The molecule has 6 nitrogen and oxygen atoms in total. The summed E-state index contributed by atoms with van der Waals surface area (Å²) in [5.74, 6) is -0.838. The Kier molecular flexibility index (Phi) is 5.40. The minimum atomic E-state index is -1.07. The maximum absolute atomic E-state index is 11.0. The predicted octanol–water partition coefficient (Wildman–Crippen LogP) is 1.34. The van der Waals surface area contributed by atoms with E-state index in [1.165, 1.54) is 20.3 Å². The van der Waals surface area contributed by atoms with Crippen molar-refractivity contribution in [1.82, 2.24) is 0 Å². The van der Waals surface area contributed by atoms with Gasteiger partial charge in [0.15, 0.2) is 18.1 Å². The van der Waals surface area contributed by atoms with E-state index in [0.29, 0.717) is 17.1 Å². The third-order valence-corrected chi connectivity index (χ3v) is 2.15. The van der Waals surface area contributed by atoms with Crippen molar-refractivity contribution < 1.29 is 28.9 Å². The molecule has 1 aromatic rings. The fourth-order valence-corrected chi connectivity index (χ4v) is 1.28. The topological polar surface area (TPSA) is 82.1 Å². The van der Waals surface area contributed by atoms with E-state index in [0.717, 1.165) is 0 Å². The lowest BCUT2D eigenvalue weighted by atomic mass is 10.2. The largest absolute Gasteiger partial charge is 0.493 e. The summed E-state index contributed by atoms with van der Waals surface area (Å²) in [6, 6.07) is 4.86. The van der Waals surface area contributed by atoms with Gasteiger partial charge < -0.3 is 19.3 Å². The number of hydrogen-bond acceptors (Lipinski definition) is 5. The first-order valence-corrected chi connectivity index (χ1v) is 5.35. The van der Waals surface area contributed by atoms with Gasteiger partial charge in [-0.25, -0.2) is 9.59 Å². The second-order valence-electron chi connectivity index (χ2n) is 3.45. The number of carboxylic acid groups (broad SMARTS) is 1. The van der Waals surface area contributed by atoms with Crippen LogP contribution in [0.2, 0.25) is 0 Å². The van der Waals surface area contributed by atoms with Crippen LogP contribution in [0.3, 0.4) is 0 Å². The Bertz CT molecular complexity index is 492. The van der Waals surface area contributed by atoms with Crippen LogP contribution in [0.5, 0.6) is 11.5 Å². The third kappa shape index (κ3) is 4.71. The summed E-state index contributed by atoms with van der Waals surface area (Å²) in [5, 5.41) is 8.54. The second-order valence-corrected chi connectivity index (χ2v) is 3.45. The van der Waals surface area contributed by atoms with E-state index >= 15 is 0 Å². The van der Waals surface area contributed by atoms with E-state index in [9.17, 15) is 9.59 Å². The van der Waals surface area contributed by atoms with Crippen LogP contribution in [-0.4, -0.2) is 37.9 Å². The Hall–Kier alpha value is -2.50. The molecule has 0 aliphatic heterocycles. The van der Waals surface area contributed by atoms with Gasteiger partial charge in [0, 0.05) is 6.08 Å².